The van der Waals surface area contributed by atoms with Crippen molar-refractivity contribution in [3.8, 4) is 0 Å². The third-order valence-corrected chi connectivity index (χ3v) is 8.52. The molecule has 1 unspecified atom stereocenters. The van der Waals surface area contributed by atoms with E-state index in [2.05, 4.69) is 38.3 Å². The second-order valence-corrected chi connectivity index (χ2v) is 11.7. The van der Waals surface area contributed by atoms with Crippen molar-refractivity contribution < 1.29 is 13.2 Å². The zero-order valence-electron chi connectivity index (χ0n) is 19.9. The Labute approximate surface area is 216 Å². The van der Waals surface area contributed by atoms with Gasteiger partial charge in [0.1, 0.15) is 6.54 Å². The summed E-state index contributed by atoms with van der Waals surface area (Å²) in [5.74, 6) is -0.378. The molecule has 8 heteroatoms. The van der Waals surface area contributed by atoms with E-state index in [0.717, 1.165) is 33.0 Å². The normalized spacial score (nSPS) is 14.5. The Morgan fingerprint density at radius 1 is 1.03 bits per heavy atom. The van der Waals surface area contributed by atoms with Gasteiger partial charge in [-0.1, -0.05) is 51.8 Å². The number of hydrogen-bond acceptors (Lipinski definition) is 4. The van der Waals surface area contributed by atoms with Gasteiger partial charge in [-0.15, -0.1) is 0 Å². The summed E-state index contributed by atoms with van der Waals surface area (Å²) in [6.45, 7) is 5.62. The van der Waals surface area contributed by atoms with Crippen LogP contribution in [0.4, 0.5) is 11.4 Å². The third kappa shape index (κ3) is 6.05. The van der Waals surface area contributed by atoms with E-state index in [1.165, 1.54) is 18.5 Å². The van der Waals surface area contributed by atoms with E-state index in [0.29, 0.717) is 5.69 Å². The number of halogens is 1. The van der Waals surface area contributed by atoms with Crippen LogP contribution in [0.25, 0.3) is 0 Å². The van der Waals surface area contributed by atoms with Crippen LogP contribution in [0.3, 0.4) is 0 Å². The highest BCUT2D eigenvalue weighted by Gasteiger charge is 2.28. The van der Waals surface area contributed by atoms with Crippen molar-refractivity contribution in [1.82, 2.24) is 5.32 Å². The molecule has 1 heterocycles. The summed E-state index contributed by atoms with van der Waals surface area (Å²) in [5.41, 5.74) is 3.53. The van der Waals surface area contributed by atoms with Crippen LogP contribution in [-0.2, 0) is 14.8 Å². The van der Waals surface area contributed by atoms with Gasteiger partial charge in [-0.05, 0) is 74.7 Å². The van der Waals surface area contributed by atoms with Gasteiger partial charge < -0.3 is 10.2 Å². The first kappa shape index (κ1) is 25.3. The maximum absolute atomic E-state index is 13.5. The van der Waals surface area contributed by atoms with Crippen molar-refractivity contribution in [2.45, 2.75) is 37.6 Å². The number of rotatable bonds is 8. The standard InChI is InChI=1S/C27H30BrN3O3S/c1-20-8-14-26(15-9-20)35(33,34)31(25-7-5-6-23(28)18-25)19-27(32)29-21(2)22-10-12-24(13-11-22)30-16-3-4-17-30/h5-15,18,21H,3-4,16-17,19H2,1-2H3,(H,29,32). The second-order valence-electron chi connectivity index (χ2n) is 8.88. The number of carbonyl (C=O) groups is 1. The zero-order valence-corrected chi connectivity index (χ0v) is 22.3. The lowest BCUT2D eigenvalue weighted by Gasteiger charge is -2.25. The second kappa shape index (κ2) is 10.8. The van der Waals surface area contributed by atoms with Gasteiger partial charge in [0.15, 0.2) is 0 Å². The quantitative estimate of drug-likeness (QED) is 0.402. The number of aryl methyl sites for hydroxylation is 1. The van der Waals surface area contributed by atoms with Crippen LogP contribution in [0.1, 0.15) is 36.9 Å². The zero-order chi connectivity index (χ0) is 25.0. The highest BCUT2D eigenvalue weighted by Crippen LogP contribution is 2.27. The van der Waals surface area contributed by atoms with E-state index in [1.807, 2.05) is 32.0 Å². The van der Waals surface area contributed by atoms with Gasteiger partial charge in [0.2, 0.25) is 5.91 Å². The Bertz CT molecular complexity index is 1270. The molecule has 0 aromatic heterocycles. The van der Waals surface area contributed by atoms with E-state index in [4.69, 9.17) is 0 Å². The van der Waals surface area contributed by atoms with Gasteiger partial charge in [0.25, 0.3) is 10.0 Å². The average Bonchev–Trinajstić information content (AvgIpc) is 3.38. The van der Waals surface area contributed by atoms with Crippen molar-refractivity contribution >= 4 is 43.2 Å². The van der Waals surface area contributed by atoms with Crippen molar-refractivity contribution in [3.05, 3.63) is 88.4 Å². The Balaban J connectivity index is 1.52. The molecule has 0 aliphatic carbocycles. The fourth-order valence-corrected chi connectivity index (χ4v) is 6.03. The van der Waals surface area contributed by atoms with Crippen LogP contribution in [-0.4, -0.2) is 34.0 Å². The van der Waals surface area contributed by atoms with E-state index in [-0.39, 0.29) is 23.4 Å². The van der Waals surface area contributed by atoms with Crippen molar-refractivity contribution in [2.75, 3.05) is 28.8 Å². The van der Waals surface area contributed by atoms with Crippen LogP contribution in [0.15, 0.2) is 82.2 Å². The van der Waals surface area contributed by atoms with Crippen LogP contribution in [0.2, 0.25) is 0 Å². The summed E-state index contributed by atoms with van der Waals surface area (Å²) in [5, 5.41) is 2.96. The average molecular weight is 557 g/mol. The lowest BCUT2D eigenvalue weighted by atomic mass is 10.1. The summed E-state index contributed by atoms with van der Waals surface area (Å²) in [7, 11) is -3.95. The molecule has 1 aliphatic heterocycles. The first-order valence-electron chi connectivity index (χ1n) is 11.7. The lowest BCUT2D eigenvalue weighted by Crippen LogP contribution is -2.41. The van der Waals surface area contributed by atoms with E-state index in [9.17, 15) is 13.2 Å². The first-order chi connectivity index (χ1) is 16.7. The SMILES string of the molecule is Cc1ccc(S(=O)(=O)N(CC(=O)NC(C)c2ccc(N3CCCC3)cc2)c2cccc(Br)c2)cc1. The summed E-state index contributed by atoms with van der Waals surface area (Å²) in [6.07, 6.45) is 2.43. The minimum atomic E-state index is -3.95. The molecule has 1 N–H and O–H groups in total. The molecular weight excluding hydrogens is 526 g/mol. The van der Waals surface area contributed by atoms with Crippen LogP contribution >= 0.6 is 15.9 Å². The predicted octanol–water partition coefficient (Wildman–Crippen LogP) is 5.43. The van der Waals surface area contributed by atoms with Gasteiger partial charge in [-0.3, -0.25) is 9.10 Å². The predicted molar refractivity (Wildman–Crippen MR) is 144 cm³/mol. The summed E-state index contributed by atoms with van der Waals surface area (Å²) in [4.78, 5) is 15.6. The fourth-order valence-electron chi connectivity index (χ4n) is 4.23. The maximum Gasteiger partial charge on any atom is 0.264 e. The Morgan fingerprint density at radius 3 is 2.31 bits per heavy atom. The molecule has 3 aromatic carbocycles. The topological polar surface area (TPSA) is 69.7 Å². The number of nitrogens with zero attached hydrogens (tertiary/aromatic N) is 2. The monoisotopic (exact) mass is 555 g/mol. The molecule has 0 radical (unpaired) electrons. The number of nitrogens with one attached hydrogen (secondary N) is 1. The summed E-state index contributed by atoms with van der Waals surface area (Å²) in [6, 6.07) is 21.5. The van der Waals surface area contributed by atoms with Gasteiger partial charge in [-0.25, -0.2) is 8.42 Å². The summed E-state index contributed by atoms with van der Waals surface area (Å²) >= 11 is 3.40. The molecular formula is C27H30BrN3O3S. The Morgan fingerprint density at radius 2 is 1.69 bits per heavy atom. The van der Waals surface area contributed by atoms with Crippen LogP contribution in [0.5, 0.6) is 0 Å². The fraction of sp³-hybridized carbons (Fsp3) is 0.296. The van der Waals surface area contributed by atoms with Crippen molar-refractivity contribution in [2.24, 2.45) is 0 Å². The number of carbonyl (C=O) groups excluding carboxylic acids is 1. The Kier molecular flexibility index (Phi) is 7.82. The minimum Gasteiger partial charge on any atom is -0.372 e. The molecule has 6 nitrogen and oxygen atoms in total. The Hall–Kier alpha value is -2.84. The van der Waals surface area contributed by atoms with E-state index >= 15 is 0 Å². The van der Waals surface area contributed by atoms with Crippen LogP contribution in [0, 0.1) is 6.92 Å². The van der Waals surface area contributed by atoms with Crippen LogP contribution < -0.4 is 14.5 Å². The highest BCUT2D eigenvalue weighted by molar-refractivity contribution is 9.10. The molecule has 35 heavy (non-hydrogen) atoms. The molecule has 1 fully saturated rings. The molecule has 1 amide bonds. The van der Waals surface area contributed by atoms with Crippen molar-refractivity contribution in [1.29, 1.82) is 0 Å². The van der Waals surface area contributed by atoms with Gasteiger partial charge in [0, 0.05) is 23.2 Å². The third-order valence-electron chi connectivity index (χ3n) is 6.23. The summed E-state index contributed by atoms with van der Waals surface area (Å²) < 4.78 is 29.0. The number of amides is 1. The molecule has 1 aliphatic rings. The molecule has 1 atom stereocenters. The number of sulfonamides is 1. The van der Waals surface area contributed by atoms with Gasteiger partial charge >= 0.3 is 0 Å². The molecule has 0 spiro atoms. The number of hydrogen-bond donors (Lipinski definition) is 1. The number of anilines is 2. The van der Waals surface area contributed by atoms with Gasteiger partial charge in [-0.2, -0.15) is 0 Å². The molecule has 1 saturated heterocycles. The molecule has 0 bridgehead atoms. The molecule has 4 rings (SSSR count). The highest BCUT2D eigenvalue weighted by atomic mass is 79.9. The largest absolute Gasteiger partial charge is 0.372 e. The van der Waals surface area contributed by atoms with Crippen molar-refractivity contribution in [3.63, 3.8) is 0 Å². The van der Waals surface area contributed by atoms with E-state index in [1.54, 1.807) is 42.5 Å². The van der Waals surface area contributed by atoms with Gasteiger partial charge in [0.05, 0.1) is 16.6 Å². The van der Waals surface area contributed by atoms with E-state index < -0.39 is 10.0 Å². The number of benzene rings is 3. The maximum atomic E-state index is 13.5. The lowest BCUT2D eigenvalue weighted by molar-refractivity contribution is -0.120. The smallest absolute Gasteiger partial charge is 0.264 e. The molecule has 3 aromatic rings. The molecule has 184 valence electrons. The minimum absolute atomic E-state index is 0.140. The first-order valence-corrected chi connectivity index (χ1v) is 14.0. The molecule has 0 saturated carbocycles.